The Labute approximate surface area is 182 Å². The van der Waals surface area contributed by atoms with Crippen molar-refractivity contribution in [1.29, 1.82) is 0 Å². The predicted octanol–water partition coefficient (Wildman–Crippen LogP) is 3.28. The third-order valence-electron chi connectivity index (χ3n) is 5.89. The molecular formula is C23H28N4O3S. The number of nitrogens with zero attached hydrogens (tertiary/aromatic N) is 2. The Morgan fingerprint density at radius 1 is 1.06 bits per heavy atom. The van der Waals surface area contributed by atoms with Gasteiger partial charge in [-0.25, -0.2) is 8.42 Å². The lowest BCUT2D eigenvalue weighted by Crippen LogP contribution is -2.35. The highest BCUT2D eigenvalue weighted by molar-refractivity contribution is 7.89. The molecule has 1 atom stereocenters. The fraction of sp³-hybridized carbons (Fsp3) is 0.348. The zero-order chi connectivity index (χ0) is 22.0. The Kier molecular flexibility index (Phi) is 6.02. The number of rotatable bonds is 6. The number of nitrogens with two attached hydrogens (primary N) is 1. The van der Waals surface area contributed by atoms with E-state index in [-0.39, 0.29) is 5.91 Å². The summed E-state index contributed by atoms with van der Waals surface area (Å²) in [5.74, 6) is -0.112. The summed E-state index contributed by atoms with van der Waals surface area (Å²) < 4.78 is 29.4. The number of aromatic nitrogens is 1. The van der Waals surface area contributed by atoms with Gasteiger partial charge in [0.2, 0.25) is 15.9 Å². The average molecular weight is 441 g/mol. The van der Waals surface area contributed by atoms with Crippen molar-refractivity contribution in [3.8, 4) is 0 Å². The summed E-state index contributed by atoms with van der Waals surface area (Å²) in [5, 5.41) is 3.75. The summed E-state index contributed by atoms with van der Waals surface area (Å²) in [6.07, 6.45) is 4.71. The number of sulfonamides is 1. The van der Waals surface area contributed by atoms with Gasteiger partial charge < -0.3 is 15.6 Å². The summed E-state index contributed by atoms with van der Waals surface area (Å²) >= 11 is 0. The molecule has 8 heteroatoms. The Bertz CT molecular complexity index is 1180. The van der Waals surface area contributed by atoms with Crippen molar-refractivity contribution in [1.82, 2.24) is 14.2 Å². The molecule has 7 nitrogen and oxygen atoms in total. The second-order valence-corrected chi connectivity index (χ2v) is 9.98. The molecule has 1 amide bonds. The number of benzene rings is 2. The molecule has 1 saturated heterocycles. The summed E-state index contributed by atoms with van der Waals surface area (Å²) in [7, 11) is -3.49. The minimum absolute atomic E-state index is 0.112. The van der Waals surface area contributed by atoms with Gasteiger partial charge in [0.05, 0.1) is 4.90 Å². The van der Waals surface area contributed by atoms with Crippen molar-refractivity contribution in [2.45, 2.75) is 43.7 Å². The molecule has 3 aromatic rings. The fourth-order valence-electron chi connectivity index (χ4n) is 3.99. The molecule has 164 valence electrons. The van der Waals surface area contributed by atoms with Crippen LogP contribution in [-0.4, -0.2) is 36.3 Å². The lowest BCUT2D eigenvalue weighted by atomic mass is 10.2. The Balaban J connectivity index is 1.50. The zero-order valence-corrected chi connectivity index (χ0v) is 18.4. The van der Waals surface area contributed by atoms with Gasteiger partial charge in [-0.15, -0.1) is 0 Å². The molecule has 0 aliphatic carbocycles. The van der Waals surface area contributed by atoms with Gasteiger partial charge in [0.1, 0.15) is 6.04 Å². The van der Waals surface area contributed by atoms with Crippen LogP contribution in [0.3, 0.4) is 0 Å². The van der Waals surface area contributed by atoms with Gasteiger partial charge in [0.25, 0.3) is 0 Å². The highest BCUT2D eigenvalue weighted by atomic mass is 32.2. The van der Waals surface area contributed by atoms with E-state index in [0.717, 1.165) is 35.7 Å². The SMILES string of the molecule is CC(C(=O)NCc1ccc(N)cc1)n1ccc2cc(S(=O)(=O)N3CCCCC3)ccc21. The maximum Gasteiger partial charge on any atom is 0.243 e. The maximum atomic E-state index is 13.0. The average Bonchev–Trinajstić information content (AvgIpc) is 3.22. The highest BCUT2D eigenvalue weighted by Crippen LogP contribution is 2.26. The number of hydrogen-bond acceptors (Lipinski definition) is 4. The lowest BCUT2D eigenvalue weighted by Gasteiger charge is -2.26. The van der Waals surface area contributed by atoms with Crippen LogP contribution in [0, 0.1) is 0 Å². The second kappa shape index (κ2) is 8.72. The van der Waals surface area contributed by atoms with E-state index in [4.69, 9.17) is 5.73 Å². The van der Waals surface area contributed by atoms with E-state index in [1.165, 1.54) is 0 Å². The van der Waals surface area contributed by atoms with Gasteiger partial charge in [-0.05, 0) is 61.7 Å². The van der Waals surface area contributed by atoms with E-state index in [9.17, 15) is 13.2 Å². The minimum Gasteiger partial charge on any atom is -0.399 e. The minimum atomic E-state index is -3.49. The molecule has 0 bridgehead atoms. The number of anilines is 1. The molecule has 4 rings (SSSR count). The lowest BCUT2D eigenvalue weighted by molar-refractivity contribution is -0.123. The van der Waals surface area contributed by atoms with Crippen LogP contribution in [0.5, 0.6) is 0 Å². The van der Waals surface area contributed by atoms with Crippen LogP contribution in [0.4, 0.5) is 5.69 Å². The molecular weight excluding hydrogens is 412 g/mol. The van der Waals surface area contributed by atoms with Crippen LogP contribution >= 0.6 is 0 Å². The predicted molar refractivity (Wildman–Crippen MR) is 122 cm³/mol. The second-order valence-electron chi connectivity index (χ2n) is 8.04. The van der Waals surface area contributed by atoms with E-state index in [2.05, 4.69) is 5.32 Å². The molecule has 1 unspecified atom stereocenters. The molecule has 0 spiro atoms. The number of piperidine rings is 1. The van der Waals surface area contributed by atoms with Crippen LogP contribution in [0.15, 0.2) is 59.6 Å². The van der Waals surface area contributed by atoms with Gasteiger partial charge in [-0.1, -0.05) is 18.6 Å². The first-order valence-electron chi connectivity index (χ1n) is 10.6. The van der Waals surface area contributed by atoms with Crippen LogP contribution in [0.2, 0.25) is 0 Å². The van der Waals surface area contributed by atoms with Crippen LogP contribution in [-0.2, 0) is 21.4 Å². The summed E-state index contributed by atoms with van der Waals surface area (Å²) in [4.78, 5) is 13.0. The summed E-state index contributed by atoms with van der Waals surface area (Å²) in [5.41, 5.74) is 8.18. The Hall–Kier alpha value is -2.84. The van der Waals surface area contributed by atoms with Gasteiger partial charge in [0, 0.05) is 42.4 Å². The van der Waals surface area contributed by atoms with Gasteiger partial charge in [-0.2, -0.15) is 4.31 Å². The smallest absolute Gasteiger partial charge is 0.243 e. The fourth-order valence-corrected chi connectivity index (χ4v) is 5.55. The normalized spacial score (nSPS) is 16.3. The van der Waals surface area contributed by atoms with Crippen LogP contribution in [0.25, 0.3) is 10.9 Å². The highest BCUT2D eigenvalue weighted by Gasteiger charge is 2.26. The number of carbonyl (C=O) groups is 1. The number of fused-ring (bicyclic) bond motifs is 1. The molecule has 1 aromatic heterocycles. The van der Waals surface area contributed by atoms with Gasteiger partial charge in [0.15, 0.2) is 0 Å². The van der Waals surface area contributed by atoms with E-state index in [0.29, 0.717) is 30.2 Å². The Morgan fingerprint density at radius 3 is 2.48 bits per heavy atom. The first-order valence-corrected chi connectivity index (χ1v) is 12.0. The molecule has 31 heavy (non-hydrogen) atoms. The van der Waals surface area contributed by atoms with Crippen molar-refractivity contribution in [3.05, 3.63) is 60.3 Å². The Morgan fingerprint density at radius 2 is 1.77 bits per heavy atom. The molecule has 1 aliphatic rings. The molecule has 2 aromatic carbocycles. The number of carbonyl (C=O) groups excluding carboxylic acids is 1. The topological polar surface area (TPSA) is 97.4 Å². The third-order valence-corrected chi connectivity index (χ3v) is 7.78. The van der Waals surface area contributed by atoms with E-state index < -0.39 is 16.1 Å². The van der Waals surface area contributed by atoms with Crippen molar-refractivity contribution in [2.24, 2.45) is 0 Å². The van der Waals surface area contributed by atoms with E-state index >= 15 is 0 Å². The van der Waals surface area contributed by atoms with Gasteiger partial charge in [-0.3, -0.25) is 4.79 Å². The van der Waals surface area contributed by atoms with Crippen LogP contribution < -0.4 is 11.1 Å². The first-order chi connectivity index (χ1) is 14.9. The standard InChI is InChI=1S/C23H28N4O3S/c1-17(23(28)25-16-18-5-7-20(24)8-6-18)27-14-11-19-15-21(9-10-22(19)27)31(29,30)26-12-3-2-4-13-26/h5-11,14-15,17H,2-4,12-13,16,24H2,1H3,(H,25,28). The summed E-state index contributed by atoms with van der Waals surface area (Å²) in [6.45, 7) is 3.40. The first kappa shape index (κ1) is 21.4. The molecule has 0 radical (unpaired) electrons. The number of nitrogen functional groups attached to an aromatic ring is 1. The molecule has 2 heterocycles. The quantitative estimate of drug-likeness (QED) is 0.575. The molecule has 1 aliphatic heterocycles. The van der Waals surface area contributed by atoms with Gasteiger partial charge >= 0.3 is 0 Å². The molecule has 1 fully saturated rings. The van der Waals surface area contributed by atoms with Crippen molar-refractivity contribution >= 4 is 32.5 Å². The number of amides is 1. The van der Waals surface area contributed by atoms with Crippen molar-refractivity contribution in [3.63, 3.8) is 0 Å². The molecule has 0 saturated carbocycles. The number of hydrogen-bond donors (Lipinski definition) is 2. The largest absolute Gasteiger partial charge is 0.399 e. The third kappa shape index (κ3) is 4.45. The molecule has 3 N–H and O–H groups in total. The number of nitrogens with one attached hydrogen (secondary N) is 1. The van der Waals surface area contributed by atoms with Crippen molar-refractivity contribution < 1.29 is 13.2 Å². The van der Waals surface area contributed by atoms with Crippen molar-refractivity contribution in [2.75, 3.05) is 18.8 Å². The monoisotopic (exact) mass is 440 g/mol. The van der Waals surface area contributed by atoms with E-state index in [1.807, 2.05) is 35.9 Å². The van der Waals surface area contributed by atoms with E-state index in [1.54, 1.807) is 34.6 Å². The maximum absolute atomic E-state index is 13.0. The van der Waals surface area contributed by atoms with Crippen LogP contribution in [0.1, 0.15) is 37.8 Å². The summed E-state index contributed by atoms with van der Waals surface area (Å²) in [6, 6.07) is 13.9. The zero-order valence-electron chi connectivity index (χ0n) is 17.6.